The molecule has 0 saturated carbocycles. The zero-order chi connectivity index (χ0) is 13.9. The maximum atomic E-state index is 10.6. The van der Waals surface area contributed by atoms with Gasteiger partial charge >= 0.3 is 5.97 Å². The highest BCUT2D eigenvalue weighted by Gasteiger charge is 2.37. The molecule has 0 spiro atoms. The number of carboxylic acid groups (broad SMARTS) is 1. The highest BCUT2D eigenvalue weighted by molar-refractivity contribution is 5.69. The fourth-order valence-electron chi connectivity index (χ4n) is 2.31. The zero-order valence-corrected chi connectivity index (χ0v) is 11.0. The topological polar surface area (TPSA) is 70.0 Å². The smallest absolute Gasteiger partial charge is 0.317 e. The Morgan fingerprint density at radius 1 is 1.53 bits per heavy atom. The van der Waals surface area contributed by atoms with Crippen molar-refractivity contribution in [2.75, 3.05) is 26.2 Å². The number of aliphatic hydroxyl groups is 1. The van der Waals surface area contributed by atoms with Crippen LogP contribution in [0.4, 0.5) is 0 Å². The van der Waals surface area contributed by atoms with Gasteiger partial charge in [0, 0.05) is 13.1 Å². The molecule has 1 aromatic rings. The van der Waals surface area contributed by atoms with Gasteiger partial charge in [0.1, 0.15) is 18.0 Å². The Morgan fingerprint density at radius 2 is 2.32 bits per heavy atom. The van der Waals surface area contributed by atoms with Gasteiger partial charge in [0.15, 0.2) is 0 Å². The van der Waals surface area contributed by atoms with Gasteiger partial charge in [-0.3, -0.25) is 9.69 Å². The molecule has 1 heterocycles. The van der Waals surface area contributed by atoms with E-state index in [0.29, 0.717) is 19.5 Å². The van der Waals surface area contributed by atoms with Gasteiger partial charge in [0.2, 0.25) is 0 Å². The first-order valence-electron chi connectivity index (χ1n) is 6.33. The molecule has 104 valence electrons. The zero-order valence-electron chi connectivity index (χ0n) is 11.0. The fraction of sp³-hybridized carbons (Fsp3) is 0.500. The predicted octanol–water partition coefficient (Wildman–Crippen LogP) is 0.895. The molecule has 1 aliphatic rings. The first-order valence-corrected chi connectivity index (χ1v) is 6.33. The quantitative estimate of drug-likeness (QED) is 0.827. The molecule has 0 aromatic heterocycles. The summed E-state index contributed by atoms with van der Waals surface area (Å²) in [5.74, 6) is -0.144. The highest BCUT2D eigenvalue weighted by Crippen LogP contribution is 2.23. The average Bonchev–Trinajstić information content (AvgIpc) is 2.68. The Labute approximate surface area is 112 Å². The predicted molar refractivity (Wildman–Crippen MR) is 70.3 cm³/mol. The van der Waals surface area contributed by atoms with E-state index in [0.717, 1.165) is 11.3 Å². The molecule has 0 unspecified atom stereocenters. The second-order valence-corrected chi connectivity index (χ2v) is 5.18. The minimum atomic E-state index is -0.959. The number of nitrogens with zero attached hydrogens (tertiary/aromatic N) is 1. The molecule has 0 bridgehead atoms. The van der Waals surface area contributed by atoms with E-state index in [4.69, 9.17) is 9.84 Å². The molecule has 1 fully saturated rings. The van der Waals surface area contributed by atoms with Crippen molar-refractivity contribution >= 4 is 5.97 Å². The van der Waals surface area contributed by atoms with E-state index < -0.39 is 11.6 Å². The first kappa shape index (κ1) is 13.8. The number of rotatable bonds is 5. The van der Waals surface area contributed by atoms with Gasteiger partial charge in [0.05, 0.1) is 6.54 Å². The van der Waals surface area contributed by atoms with Gasteiger partial charge < -0.3 is 14.9 Å². The number of carbonyl (C=O) groups is 1. The van der Waals surface area contributed by atoms with E-state index in [1.807, 2.05) is 31.2 Å². The lowest BCUT2D eigenvalue weighted by Gasteiger charge is -2.23. The van der Waals surface area contributed by atoms with Crippen LogP contribution >= 0.6 is 0 Å². The SMILES string of the molecule is Cc1cccc(OC[C@]2(O)CCN(CC(=O)O)C2)c1. The number of benzene rings is 1. The second kappa shape index (κ2) is 5.59. The maximum Gasteiger partial charge on any atom is 0.317 e. The average molecular weight is 265 g/mol. The molecule has 5 nitrogen and oxygen atoms in total. The van der Waals surface area contributed by atoms with Crippen molar-refractivity contribution in [2.45, 2.75) is 18.9 Å². The Balaban J connectivity index is 1.87. The third-order valence-electron chi connectivity index (χ3n) is 3.27. The summed E-state index contributed by atoms with van der Waals surface area (Å²) in [6.07, 6.45) is 0.534. The Morgan fingerprint density at radius 3 is 3.00 bits per heavy atom. The second-order valence-electron chi connectivity index (χ2n) is 5.18. The summed E-state index contributed by atoms with van der Waals surface area (Å²) in [6.45, 7) is 3.05. The highest BCUT2D eigenvalue weighted by atomic mass is 16.5. The molecule has 1 aromatic carbocycles. The van der Waals surface area contributed by atoms with Crippen LogP contribution in [0.1, 0.15) is 12.0 Å². The van der Waals surface area contributed by atoms with Crippen LogP contribution in [0.3, 0.4) is 0 Å². The molecule has 0 radical (unpaired) electrons. The minimum Gasteiger partial charge on any atom is -0.491 e. The van der Waals surface area contributed by atoms with Gasteiger partial charge in [-0.05, 0) is 31.0 Å². The van der Waals surface area contributed by atoms with Crippen molar-refractivity contribution in [1.29, 1.82) is 0 Å². The molecule has 2 rings (SSSR count). The third-order valence-corrected chi connectivity index (χ3v) is 3.27. The lowest BCUT2D eigenvalue weighted by molar-refractivity contribution is -0.138. The third kappa shape index (κ3) is 3.94. The largest absolute Gasteiger partial charge is 0.491 e. The van der Waals surface area contributed by atoms with Gasteiger partial charge in [-0.2, -0.15) is 0 Å². The van der Waals surface area contributed by atoms with Crippen LogP contribution in [0.15, 0.2) is 24.3 Å². The standard InChI is InChI=1S/C14H19NO4/c1-11-3-2-4-12(7-11)19-10-14(18)5-6-15(9-14)8-13(16)17/h2-4,7,18H,5-6,8-10H2,1H3,(H,16,17)/t14-/m0/s1. The fourth-order valence-corrected chi connectivity index (χ4v) is 2.31. The van der Waals surface area contributed by atoms with Gasteiger partial charge in [0.25, 0.3) is 0 Å². The number of aliphatic carboxylic acids is 1. The summed E-state index contributed by atoms with van der Waals surface area (Å²) in [7, 11) is 0. The molecular weight excluding hydrogens is 246 g/mol. The molecule has 1 saturated heterocycles. The molecule has 1 atom stereocenters. The van der Waals surface area contributed by atoms with Crippen LogP contribution in [-0.4, -0.2) is 52.9 Å². The van der Waals surface area contributed by atoms with Crippen LogP contribution in [0.5, 0.6) is 5.75 Å². The summed E-state index contributed by atoms with van der Waals surface area (Å²) < 4.78 is 5.60. The van der Waals surface area contributed by atoms with E-state index >= 15 is 0 Å². The van der Waals surface area contributed by atoms with Crippen molar-refractivity contribution in [2.24, 2.45) is 0 Å². The van der Waals surface area contributed by atoms with Crippen LogP contribution in [0.25, 0.3) is 0 Å². The molecule has 5 heteroatoms. The number of β-amino-alcohol motifs (C(OH)–C–C–N with tert-alkyl or cyclic N) is 1. The van der Waals surface area contributed by atoms with Crippen molar-refractivity contribution in [1.82, 2.24) is 4.90 Å². The Hall–Kier alpha value is -1.59. The first-order chi connectivity index (χ1) is 8.97. The van der Waals surface area contributed by atoms with Crippen LogP contribution in [0, 0.1) is 6.92 Å². The lowest BCUT2D eigenvalue weighted by atomic mass is 10.1. The molecular formula is C14H19NO4. The Kier molecular flexibility index (Phi) is 4.07. The van der Waals surface area contributed by atoms with Crippen LogP contribution in [0.2, 0.25) is 0 Å². The van der Waals surface area contributed by atoms with Crippen molar-refractivity contribution < 1.29 is 19.7 Å². The molecule has 19 heavy (non-hydrogen) atoms. The monoisotopic (exact) mass is 265 g/mol. The normalized spacial score (nSPS) is 23.5. The number of aryl methyl sites for hydroxylation is 1. The van der Waals surface area contributed by atoms with Gasteiger partial charge in [-0.1, -0.05) is 12.1 Å². The summed E-state index contributed by atoms with van der Waals surface area (Å²) in [5, 5.41) is 19.1. The van der Waals surface area contributed by atoms with Crippen molar-refractivity contribution in [3.63, 3.8) is 0 Å². The number of likely N-dealkylation sites (tertiary alicyclic amines) is 1. The van der Waals surface area contributed by atoms with E-state index in [9.17, 15) is 9.90 Å². The minimum absolute atomic E-state index is 0.0350. The van der Waals surface area contributed by atoms with Crippen molar-refractivity contribution in [3.8, 4) is 5.75 Å². The lowest BCUT2D eigenvalue weighted by Crippen LogP contribution is -2.40. The van der Waals surface area contributed by atoms with E-state index in [2.05, 4.69) is 0 Å². The molecule has 0 aliphatic carbocycles. The Bertz CT molecular complexity index is 463. The summed E-state index contributed by atoms with van der Waals surface area (Å²) in [6, 6.07) is 7.64. The van der Waals surface area contributed by atoms with Gasteiger partial charge in [-0.15, -0.1) is 0 Å². The maximum absolute atomic E-state index is 10.6. The van der Waals surface area contributed by atoms with E-state index in [1.54, 1.807) is 4.90 Å². The number of carboxylic acids is 1. The van der Waals surface area contributed by atoms with Gasteiger partial charge in [-0.25, -0.2) is 0 Å². The number of ether oxygens (including phenoxy) is 1. The number of hydrogen-bond acceptors (Lipinski definition) is 4. The van der Waals surface area contributed by atoms with E-state index in [-0.39, 0.29) is 13.2 Å². The number of hydrogen-bond donors (Lipinski definition) is 2. The van der Waals surface area contributed by atoms with Crippen LogP contribution in [-0.2, 0) is 4.79 Å². The van der Waals surface area contributed by atoms with E-state index in [1.165, 1.54) is 0 Å². The molecule has 0 amide bonds. The summed E-state index contributed by atoms with van der Waals surface area (Å²) in [4.78, 5) is 12.4. The molecule has 1 aliphatic heterocycles. The summed E-state index contributed by atoms with van der Waals surface area (Å²) >= 11 is 0. The van der Waals surface area contributed by atoms with Crippen molar-refractivity contribution in [3.05, 3.63) is 29.8 Å². The summed E-state index contributed by atoms with van der Waals surface area (Å²) in [5.41, 5.74) is 0.141. The van der Waals surface area contributed by atoms with Crippen LogP contribution < -0.4 is 4.74 Å². The molecule has 2 N–H and O–H groups in total.